The average Bonchev–Trinajstić information content (AvgIpc) is 2.48. The SMILES string of the molecule is C[C@@H]1CC[C@@H](O)[C@@H]1c1ccccc1. The molecule has 1 N–H and O–H groups in total. The number of hydrogen-bond acceptors (Lipinski definition) is 1. The summed E-state index contributed by atoms with van der Waals surface area (Å²) in [6.45, 7) is 2.23. The van der Waals surface area contributed by atoms with Crippen LogP contribution in [0.15, 0.2) is 30.3 Å². The van der Waals surface area contributed by atoms with Crippen molar-refractivity contribution in [1.82, 2.24) is 0 Å². The maximum absolute atomic E-state index is 9.81. The lowest BCUT2D eigenvalue weighted by atomic mass is 9.89. The molecule has 0 aliphatic heterocycles. The van der Waals surface area contributed by atoms with Gasteiger partial charge in [0.25, 0.3) is 0 Å². The Kier molecular flexibility index (Phi) is 2.36. The highest BCUT2D eigenvalue weighted by Gasteiger charge is 2.32. The van der Waals surface area contributed by atoms with Crippen molar-refractivity contribution in [2.75, 3.05) is 0 Å². The maximum Gasteiger partial charge on any atom is 0.0611 e. The van der Waals surface area contributed by atoms with Crippen molar-refractivity contribution in [2.24, 2.45) is 5.92 Å². The van der Waals surface area contributed by atoms with Crippen molar-refractivity contribution in [2.45, 2.75) is 31.8 Å². The summed E-state index contributed by atoms with van der Waals surface area (Å²) in [7, 11) is 0. The van der Waals surface area contributed by atoms with Crippen LogP contribution in [0.1, 0.15) is 31.2 Å². The predicted molar refractivity (Wildman–Crippen MR) is 53.6 cm³/mol. The molecule has 3 atom stereocenters. The number of hydrogen-bond donors (Lipinski definition) is 1. The molecule has 1 aromatic rings. The van der Waals surface area contributed by atoms with Crippen LogP contribution in [0.4, 0.5) is 0 Å². The van der Waals surface area contributed by atoms with Gasteiger partial charge in [0.05, 0.1) is 6.10 Å². The van der Waals surface area contributed by atoms with E-state index in [9.17, 15) is 5.11 Å². The van der Waals surface area contributed by atoms with Crippen molar-refractivity contribution in [3.05, 3.63) is 35.9 Å². The van der Waals surface area contributed by atoms with Gasteiger partial charge in [0.15, 0.2) is 0 Å². The Morgan fingerprint density at radius 3 is 2.38 bits per heavy atom. The standard InChI is InChI=1S/C12H16O/c1-9-7-8-11(13)12(9)10-5-3-2-4-6-10/h2-6,9,11-13H,7-8H2,1H3/t9-,11-,12+/m1/s1. The molecule has 1 aliphatic rings. The highest BCUT2D eigenvalue weighted by atomic mass is 16.3. The van der Waals surface area contributed by atoms with Crippen LogP contribution in [0.5, 0.6) is 0 Å². The Balaban J connectivity index is 2.25. The van der Waals surface area contributed by atoms with Gasteiger partial charge in [0.1, 0.15) is 0 Å². The molecule has 0 radical (unpaired) electrons. The third kappa shape index (κ3) is 1.61. The Morgan fingerprint density at radius 2 is 1.85 bits per heavy atom. The maximum atomic E-state index is 9.81. The molecule has 13 heavy (non-hydrogen) atoms. The Morgan fingerprint density at radius 1 is 1.15 bits per heavy atom. The molecule has 0 bridgehead atoms. The van der Waals surface area contributed by atoms with Crippen LogP contribution >= 0.6 is 0 Å². The van der Waals surface area contributed by atoms with E-state index in [4.69, 9.17) is 0 Å². The second-order valence-electron chi connectivity index (χ2n) is 4.06. The van der Waals surface area contributed by atoms with E-state index >= 15 is 0 Å². The number of rotatable bonds is 1. The van der Waals surface area contributed by atoms with Gasteiger partial charge in [-0.2, -0.15) is 0 Å². The van der Waals surface area contributed by atoms with Crippen molar-refractivity contribution >= 4 is 0 Å². The monoisotopic (exact) mass is 176 g/mol. The molecule has 0 amide bonds. The van der Waals surface area contributed by atoms with Crippen molar-refractivity contribution < 1.29 is 5.11 Å². The average molecular weight is 176 g/mol. The molecule has 1 fully saturated rings. The smallest absolute Gasteiger partial charge is 0.0611 e. The first-order valence-corrected chi connectivity index (χ1v) is 5.02. The molecule has 0 unspecified atom stereocenters. The van der Waals surface area contributed by atoms with E-state index in [0.29, 0.717) is 11.8 Å². The fraction of sp³-hybridized carbons (Fsp3) is 0.500. The van der Waals surface area contributed by atoms with Gasteiger partial charge in [-0.15, -0.1) is 0 Å². The third-order valence-corrected chi connectivity index (χ3v) is 3.13. The topological polar surface area (TPSA) is 20.2 Å². The second-order valence-corrected chi connectivity index (χ2v) is 4.06. The van der Waals surface area contributed by atoms with E-state index in [1.165, 1.54) is 5.56 Å². The van der Waals surface area contributed by atoms with E-state index in [-0.39, 0.29) is 6.10 Å². The van der Waals surface area contributed by atoms with Crippen molar-refractivity contribution in [3.63, 3.8) is 0 Å². The summed E-state index contributed by atoms with van der Waals surface area (Å²) in [5.74, 6) is 0.985. The van der Waals surface area contributed by atoms with Gasteiger partial charge in [-0.25, -0.2) is 0 Å². The van der Waals surface area contributed by atoms with Gasteiger partial charge >= 0.3 is 0 Å². The molecule has 0 spiro atoms. The predicted octanol–water partition coefficient (Wildman–Crippen LogP) is 2.56. The highest BCUT2D eigenvalue weighted by molar-refractivity contribution is 5.22. The fourth-order valence-corrected chi connectivity index (χ4v) is 2.40. The van der Waals surface area contributed by atoms with Crippen LogP contribution in [0.2, 0.25) is 0 Å². The minimum absolute atomic E-state index is 0.127. The zero-order valence-electron chi connectivity index (χ0n) is 7.98. The molecule has 1 aromatic carbocycles. The van der Waals surface area contributed by atoms with Gasteiger partial charge in [-0.05, 0) is 24.3 Å². The summed E-state index contributed by atoms with van der Waals surface area (Å²) >= 11 is 0. The molecular formula is C12H16O. The normalized spacial score (nSPS) is 33.5. The summed E-state index contributed by atoms with van der Waals surface area (Å²) in [5, 5.41) is 9.81. The van der Waals surface area contributed by atoms with Crippen molar-refractivity contribution in [1.29, 1.82) is 0 Å². The first kappa shape index (κ1) is 8.76. The molecule has 1 heteroatoms. The van der Waals surface area contributed by atoms with Gasteiger partial charge in [-0.3, -0.25) is 0 Å². The lowest BCUT2D eigenvalue weighted by Crippen LogP contribution is -2.15. The molecule has 70 valence electrons. The van der Waals surface area contributed by atoms with Crippen LogP contribution in [0.25, 0.3) is 0 Å². The second kappa shape index (κ2) is 3.51. The first-order valence-electron chi connectivity index (χ1n) is 5.02. The van der Waals surface area contributed by atoms with Crippen LogP contribution < -0.4 is 0 Å². The van der Waals surface area contributed by atoms with E-state index in [1.54, 1.807) is 0 Å². The fourth-order valence-electron chi connectivity index (χ4n) is 2.40. The Labute approximate surface area is 79.4 Å². The van der Waals surface area contributed by atoms with Gasteiger partial charge in [0, 0.05) is 5.92 Å². The molecular weight excluding hydrogens is 160 g/mol. The summed E-state index contributed by atoms with van der Waals surface area (Å²) in [6.07, 6.45) is 1.99. The van der Waals surface area contributed by atoms with Crippen molar-refractivity contribution in [3.8, 4) is 0 Å². The Bertz CT molecular complexity index is 258. The van der Waals surface area contributed by atoms with Gasteiger partial charge in [-0.1, -0.05) is 37.3 Å². The van der Waals surface area contributed by atoms with E-state index < -0.39 is 0 Å². The summed E-state index contributed by atoms with van der Waals surface area (Å²) in [5.41, 5.74) is 1.29. The summed E-state index contributed by atoms with van der Waals surface area (Å²) in [6, 6.07) is 10.4. The molecule has 0 aromatic heterocycles. The first-order chi connectivity index (χ1) is 6.29. The van der Waals surface area contributed by atoms with Gasteiger partial charge in [0.2, 0.25) is 0 Å². The minimum atomic E-state index is -0.127. The van der Waals surface area contributed by atoms with E-state index in [2.05, 4.69) is 19.1 Å². The molecule has 1 nitrogen and oxygen atoms in total. The minimum Gasteiger partial charge on any atom is -0.392 e. The van der Waals surface area contributed by atoms with Gasteiger partial charge < -0.3 is 5.11 Å². The van der Waals surface area contributed by atoms with Crippen LogP contribution in [0.3, 0.4) is 0 Å². The van der Waals surface area contributed by atoms with Crippen LogP contribution in [-0.2, 0) is 0 Å². The molecule has 1 saturated carbocycles. The van der Waals surface area contributed by atoms with Crippen LogP contribution in [0, 0.1) is 5.92 Å². The zero-order valence-corrected chi connectivity index (χ0v) is 7.98. The highest BCUT2D eigenvalue weighted by Crippen LogP contribution is 2.39. The molecule has 1 aliphatic carbocycles. The third-order valence-electron chi connectivity index (χ3n) is 3.13. The molecule has 0 heterocycles. The lowest BCUT2D eigenvalue weighted by molar-refractivity contribution is 0.156. The Hall–Kier alpha value is -0.820. The lowest BCUT2D eigenvalue weighted by Gasteiger charge is -2.19. The summed E-state index contributed by atoms with van der Waals surface area (Å²) < 4.78 is 0. The molecule has 2 rings (SSSR count). The number of aliphatic hydroxyl groups excluding tert-OH is 1. The number of benzene rings is 1. The largest absolute Gasteiger partial charge is 0.392 e. The van der Waals surface area contributed by atoms with E-state index in [0.717, 1.165) is 12.8 Å². The zero-order chi connectivity index (χ0) is 9.26. The van der Waals surface area contributed by atoms with Crippen LogP contribution in [-0.4, -0.2) is 11.2 Å². The summed E-state index contributed by atoms with van der Waals surface area (Å²) in [4.78, 5) is 0. The quantitative estimate of drug-likeness (QED) is 0.697. The number of aliphatic hydroxyl groups is 1. The molecule has 0 saturated heterocycles. The van der Waals surface area contributed by atoms with E-state index in [1.807, 2.05) is 18.2 Å².